The molecule has 2 N–H and O–H groups in total. The summed E-state index contributed by atoms with van der Waals surface area (Å²) in [5, 5.41) is 6.44. The Morgan fingerprint density at radius 3 is 1.82 bits per heavy atom. The van der Waals surface area contributed by atoms with E-state index in [2.05, 4.69) is 32.7 Å². The standard InChI is InChI=1S/C30H27BrN4O3/c1-4-17-38-25-16-15-21(31)18-24(25)28(26-19(2)32-34(29(26)36)22-11-7-5-8-12-22)27-20(3)33-35(30(27)37)23-13-9-6-10-14-23/h4-16,18,28,32-33H,1,17H2,2-3H3. The minimum absolute atomic E-state index is 0.236. The average molecular weight is 571 g/mol. The van der Waals surface area contributed by atoms with Crippen LogP contribution in [0.4, 0.5) is 0 Å². The van der Waals surface area contributed by atoms with Gasteiger partial charge in [0, 0.05) is 21.4 Å². The maximum absolute atomic E-state index is 14.0. The highest BCUT2D eigenvalue weighted by atomic mass is 79.9. The third kappa shape index (κ3) is 4.59. The summed E-state index contributed by atoms with van der Waals surface area (Å²) in [4.78, 5) is 28.1. The second kappa shape index (κ2) is 10.6. The van der Waals surface area contributed by atoms with Crippen molar-refractivity contribution in [2.24, 2.45) is 0 Å². The van der Waals surface area contributed by atoms with E-state index in [1.165, 1.54) is 9.36 Å². The van der Waals surface area contributed by atoms with Crippen LogP contribution in [0.2, 0.25) is 0 Å². The lowest BCUT2D eigenvalue weighted by atomic mass is 9.84. The summed E-state index contributed by atoms with van der Waals surface area (Å²) < 4.78 is 9.86. The minimum atomic E-state index is -0.713. The van der Waals surface area contributed by atoms with Crippen LogP contribution in [0.15, 0.2) is 106 Å². The molecule has 0 spiro atoms. The molecule has 192 valence electrons. The Hall–Kier alpha value is -4.30. The van der Waals surface area contributed by atoms with Gasteiger partial charge in [0.2, 0.25) is 0 Å². The average Bonchev–Trinajstić information content (AvgIpc) is 3.39. The number of nitrogens with zero attached hydrogens (tertiary/aromatic N) is 2. The number of H-pyrrole nitrogens is 2. The Kier molecular flexibility index (Phi) is 7.07. The smallest absolute Gasteiger partial charge is 0.275 e. The summed E-state index contributed by atoms with van der Waals surface area (Å²) >= 11 is 3.58. The summed E-state index contributed by atoms with van der Waals surface area (Å²) in [6.07, 6.45) is 1.66. The van der Waals surface area contributed by atoms with Crippen molar-refractivity contribution in [3.8, 4) is 17.1 Å². The van der Waals surface area contributed by atoms with Crippen LogP contribution in [0.3, 0.4) is 0 Å². The fraction of sp³-hybridized carbons (Fsp3) is 0.133. The summed E-state index contributed by atoms with van der Waals surface area (Å²) in [5.41, 5.74) is 3.88. The third-order valence-corrected chi connectivity index (χ3v) is 6.97. The molecule has 0 bridgehead atoms. The number of para-hydroxylation sites is 2. The third-order valence-electron chi connectivity index (χ3n) is 6.48. The molecule has 8 heteroatoms. The number of ether oxygens (including phenoxy) is 1. The first-order chi connectivity index (χ1) is 18.4. The molecule has 2 heterocycles. The molecule has 0 aliphatic rings. The number of aromatic amines is 2. The first-order valence-electron chi connectivity index (χ1n) is 12.2. The highest BCUT2D eigenvalue weighted by Gasteiger charge is 2.33. The van der Waals surface area contributed by atoms with E-state index in [-0.39, 0.29) is 17.7 Å². The molecule has 7 nitrogen and oxygen atoms in total. The van der Waals surface area contributed by atoms with Crippen molar-refractivity contribution in [3.05, 3.63) is 145 Å². The van der Waals surface area contributed by atoms with Crippen LogP contribution >= 0.6 is 15.9 Å². The van der Waals surface area contributed by atoms with Gasteiger partial charge in [-0.25, -0.2) is 9.36 Å². The number of hydrogen-bond donors (Lipinski definition) is 2. The Balaban J connectivity index is 1.82. The maximum Gasteiger partial charge on any atom is 0.275 e. The van der Waals surface area contributed by atoms with Crippen LogP contribution in [-0.2, 0) is 0 Å². The maximum atomic E-state index is 14.0. The van der Waals surface area contributed by atoms with Crippen molar-refractivity contribution >= 4 is 15.9 Å². The van der Waals surface area contributed by atoms with E-state index >= 15 is 0 Å². The Bertz CT molecular complexity index is 1610. The molecule has 0 saturated carbocycles. The molecule has 0 unspecified atom stereocenters. The number of nitrogens with one attached hydrogen (secondary N) is 2. The van der Waals surface area contributed by atoms with E-state index in [4.69, 9.17) is 4.74 Å². The number of aryl methyl sites for hydroxylation is 2. The number of rotatable bonds is 8. The van der Waals surface area contributed by atoms with Crippen molar-refractivity contribution < 1.29 is 4.74 Å². The van der Waals surface area contributed by atoms with Crippen LogP contribution in [-0.4, -0.2) is 26.2 Å². The molecule has 0 amide bonds. The lowest BCUT2D eigenvalue weighted by Crippen LogP contribution is -2.25. The normalized spacial score (nSPS) is 11.2. The zero-order valence-electron chi connectivity index (χ0n) is 21.1. The van der Waals surface area contributed by atoms with E-state index in [0.717, 1.165) is 4.47 Å². The minimum Gasteiger partial charge on any atom is -0.489 e. The molecule has 0 atom stereocenters. The summed E-state index contributed by atoms with van der Waals surface area (Å²) in [6.45, 7) is 7.74. The second-order valence-electron chi connectivity index (χ2n) is 8.97. The Labute approximate surface area is 228 Å². The zero-order valence-corrected chi connectivity index (χ0v) is 22.7. The highest BCUT2D eigenvalue weighted by molar-refractivity contribution is 9.10. The lowest BCUT2D eigenvalue weighted by molar-refractivity contribution is 0.358. The van der Waals surface area contributed by atoms with Crippen molar-refractivity contribution in [2.45, 2.75) is 19.8 Å². The van der Waals surface area contributed by atoms with Crippen LogP contribution in [0.1, 0.15) is 34.0 Å². The molecule has 0 saturated heterocycles. The number of benzene rings is 3. The van der Waals surface area contributed by atoms with Gasteiger partial charge in [-0.05, 0) is 56.3 Å². The van der Waals surface area contributed by atoms with E-state index in [1.807, 2.05) is 92.7 Å². The largest absolute Gasteiger partial charge is 0.489 e. The van der Waals surface area contributed by atoms with Gasteiger partial charge >= 0.3 is 0 Å². The van der Waals surface area contributed by atoms with E-state index < -0.39 is 5.92 Å². The van der Waals surface area contributed by atoms with Gasteiger partial charge in [0.1, 0.15) is 12.4 Å². The summed E-state index contributed by atoms with van der Waals surface area (Å²) in [6, 6.07) is 24.3. The van der Waals surface area contributed by atoms with E-state index in [0.29, 0.717) is 45.2 Å². The summed E-state index contributed by atoms with van der Waals surface area (Å²) in [5.74, 6) is -0.148. The highest BCUT2D eigenvalue weighted by Crippen LogP contribution is 2.39. The fourth-order valence-corrected chi connectivity index (χ4v) is 5.18. The Morgan fingerprint density at radius 2 is 1.34 bits per heavy atom. The van der Waals surface area contributed by atoms with E-state index in [9.17, 15) is 9.59 Å². The molecule has 0 radical (unpaired) electrons. The second-order valence-corrected chi connectivity index (χ2v) is 9.88. The van der Waals surface area contributed by atoms with Crippen molar-refractivity contribution in [3.63, 3.8) is 0 Å². The number of aromatic nitrogens is 4. The molecule has 38 heavy (non-hydrogen) atoms. The fourth-order valence-electron chi connectivity index (χ4n) is 4.80. The van der Waals surface area contributed by atoms with Crippen molar-refractivity contribution in [1.82, 2.24) is 19.6 Å². The molecule has 0 aliphatic carbocycles. The first kappa shape index (κ1) is 25.4. The van der Waals surface area contributed by atoms with Gasteiger partial charge in [-0.1, -0.05) is 65.0 Å². The molecule has 0 aliphatic heterocycles. The number of halogens is 1. The van der Waals surface area contributed by atoms with Crippen molar-refractivity contribution in [1.29, 1.82) is 0 Å². The number of hydrogen-bond acceptors (Lipinski definition) is 3. The molecule has 3 aromatic carbocycles. The van der Waals surface area contributed by atoms with Crippen molar-refractivity contribution in [2.75, 3.05) is 6.61 Å². The van der Waals surface area contributed by atoms with Gasteiger partial charge < -0.3 is 4.74 Å². The molecule has 2 aromatic heterocycles. The lowest BCUT2D eigenvalue weighted by Gasteiger charge is -2.20. The van der Waals surface area contributed by atoms with Gasteiger partial charge in [-0.3, -0.25) is 19.8 Å². The summed E-state index contributed by atoms with van der Waals surface area (Å²) in [7, 11) is 0. The van der Waals surface area contributed by atoms with Crippen LogP contribution in [0.25, 0.3) is 11.4 Å². The van der Waals surface area contributed by atoms with Gasteiger partial charge in [0.25, 0.3) is 11.1 Å². The van der Waals surface area contributed by atoms with Gasteiger partial charge in [-0.2, -0.15) is 0 Å². The monoisotopic (exact) mass is 570 g/mol. The molecule has 5 rings (SSSR count). The SMILES string of the molecule is C=CCOc1ccc(Br)cc1C(c1c(C)[nH]n(-c2ccccc2)c1=O)c1c(C)[nH]n(-c2ccccc2)c1=O. The van der Waals surface area contributed by atoms with Gasteiger partial charge in [0.05, 0.1) is 28.4 Å². The predicted octanol–water partition coefficient (Wildman–Crippen LogP) is 5.77. The predicted molar refractivity (Wildman–Crippen MR) is 153 cm³/mol. The molecular weight excluding hydrogens is 544 g/mol. The first-order valence-corrected chi connectivity index (χ1v) is 13.0. The van der Waals surface area contributed by atoms with Crippen LogP contribution < -0.4 is 15.9 Å². The Morgan fingerprint density at radius 1 is 0.842 bits per heavy atom. The van der Waals surface area contributed by atoms with Crippen LogP contribution in [0.5, 0.6) is 5.75 Å². The zero-order chi connectivity index (χ0) is 26.8. The van der Waals surface area contributed by atoms with Gasteiger partial charge in [0.15, 0.2) is 0 Å². The molecular formula is C30H27BrN4O3. The molecule has 5 aromatic rings. The van der Waals surface area contributed by atoms with Crippen LogP contribution in [0, 0.1) is 13.8 Å². The van der Waals surface area contributed by atoms with E-state index in [1.54, 1.807) is 6.08 Å². The van der Waals surface area contributed by atoms with Gasteiger partial charge in [-0.15, -0.1) is 0 Å². The topological polar surface area (TPSA) is 84.8 Å². The molecule has 0 fully saturated rings. The quantitative estimate of drug-likeness (QED) is 0.232.